The highest BCUT2D eigenvalue weighted by Gasteiger charge is 2.33. The first-order chi connectivity index (χ1) is 14.3. The second kappa shape index (κ2) is 8.17. The van der Waals surface area contributed by atoms with Crippen LogP contribution in [-0.4, -0.2) is 15.2 Å². The zero-order chi connectivity index (χ0) is 21.4. The smallest absolute Gasteiger partial charge is 0.273 e. The van der Waals surface area contributed by atoms with Crippen molar-refractivity contribution in [1.29, 1.82) is 0 Å². The summed E-state index contributed by atoms with van der Waals surface area (Å²) in [5.41, 5.74) is 1.89. The first kappa shape index (κ1) is 20.5. The molecule has 0 saturated carbocycles. The number of nitro groups is 1. The van der Waals surface area contributed by atoms with Crippen molar-refractivity contribution < 1.29 is 14.1 Å². The van der Waals surface area contributed by atoms with Crippen LogP contribution in [0.3, 0.4) is 0 Å². The minimum atomic E-state index is -0.420. The average Bonchev–Trinajstić information content (AvgIpc) is 3.28. The van der Waals surface area contributed by atoms with Gasteiger partial charge in [-0.1, -0.05) is 52.0 Å². The zero-order valence-electron chi connectivity index (χ0n) is 15.5. The first-order valence-electron chi connectivity index (χ1n) is 8.72. The second-order valence-electron chi connectivity index (χ2n) is 6.45. The van der Waals surface area contributed by atoms with E-state index in [-0.39, 0.29) is 11.6 Å². The van der Waals surface area contributed by atoms with Gasteiger partial charge in [0, 0.05) is 27.7 Å². The summed E-state index contributed by atoms with van der Waals surface area (Å²) in [4.78, 5) is 25.5. The van der Waals surface area contributed by atoms with Crippen LogP contribution < -0.4 is 4.90 Å². The number of hydrogen-bond donors (Lipinski definition) is 0. The number of benzene rings is 2. The fourth-order valence-electron chi connectivity index (χ4n) is 2.95. The van der Waals surface area contributed by atoms with Gasteiger partial charge in [-0.25, -0.2) is 0 Å². The van der Waals surface area contributed by atoms with Gasteiger partial charge in [0.05, 0.1) is 15.5 Å². The van der Waals surface area contributed by atoms with E-state index in [1.807, 2.05) is 24.3 Å². The Morgan fingerprint density at radius 3 is 2.60 bits per heavy atom. The van der Waals surface area contributed by atoms with Crippen molar-refractivity contribution >= 4 is 67.6 Å². The molecule has 1 aliphatic rings. The minimum absolute atomic E-state index is 0.0285. The number of amides is 1. The second-order valence-corrected chi connectivity index (χ2v) is 9.05. The number of anilines is 1. The van der Waals surface area contributed by atoms with Gasteiger partial charge in [-0.2, -0.15) is 0 Å². The van der Waals surface area contributed by atoms with Crippen molar-refractivity contribution in [2.24, 2.45) is 0 Å². The third-order valence-corrected chi connectivity index (χ3v) is 6.30. The van der Waals surface area contributed by atoms with E-state index in [4.69, 9.17) is 16.6 Å². The normalized spacial score (nSPS) is 15.3. The Balaban J connectivity index is 1.61. The van der Waals surface area contributed by atoms with Crippen LogP contribution >= 0.6 is 39.9 Å². The molecule has 1 saturated heterocycles. The Morgan fingerprint density at radius 1 is 1.17 bits per heavy atom. The summed E-state index contributed by atoms with van der Waals surface area (Å²) in [7, 11) is 0. The van der Waals surface area contributed by atoms with Gasteiger partial charge in [-0.15, -0.1) is 0 Å². The first-order valence-corrected chi connectivity index (χ1v) is 10.7. The van der Waals surface area contributed by atoms with Gasteiger partial charge in [0.2, 0.25) is 0 Å². The fraction of sp³-hybridized carbons (Fsp3) is 0.0476. The van der Waals surface area contributed by atoms with Crippen LogP contribution in [0.25, 0.3) is 17.4 Å². The van der Waals surface area contributed by atoms with E-state index in [0.717, 1.165) is 4.47 Å². The number of furan rings is 1. The number of nitrogens with zero attached hydrogens (tertiary/aromatic N) is 2. The number of carbonyl (C=O) groups excluding carboxylic acids is 1. The highest BCUT2D eigenvalue weighted by Crippen LogP contribution is 2.37. The maximum Gasteiger partial charge on any atom is 0.273 e. The maximum atomic E-state index is 12.9. The number of thiocarbonyl (C=S) groups is 1. The van der Waals surface area contributed by atoms with Gasteiger partial charge in [-0.3, -0.25) is 19.8 Å². The lowest BCUT2D eigenvalue weighted by atomic mass is 10.1. The summed E-state index contributed by atoms with van der Waals surface area (Å²) in [5.74, 6) is 0.716. The number of nitro benzene ring substituents is 1. The van der Waals surface area contributed by atoms with E-state index in [1.165, 1.54) is 22.7 Å². The van der Waals surface area contributed by atoms with E-state index in [0.29, 0.717) is 37.6 Å². The van der Waals surface area contributed by atoms with Crippen LogP contribution in [0.2, 0.25) is 0 Å². The van der Waals surface area contributed by atoms with Gasteiger partial charge in [-0.05, 0) is 43.3 Å². The van der Waals surface area contributed by atoms with Crippen LogP contribution in [0, 0.1) is 17.0 Å². The molecule has 0 unspecified atom stereocenters. The monoisotopic (exact) mass is 500 g/mol. The summed E-state index contributed by atoms with van der Waals surface area (Å²) >= 11 is 9.95. The maximum absolute atomic E-state index is 12.9. The molecular weight excluding hydrogens is 488 g/mol. The minimum Gasteiger partial charge on any atom is -0.457 e. The number of aryl methyl sites for hydroxylation is 1. The molecule has 6 nitrogen and oxygen atoms in total. The highest BCUT2D eigenvalue weighted by molar-refractivity contribution is 9.10. The van der Waals surface area contributed by atoms with Crippen LogP contribution in [-0.2, 0) is 4.79 Å². The Kier molecular flexibility index (Phi) is 5.59. The van der Waals surface area contributed by atoms with Crippen LogP contribution in [0.5, 0.6) is 0 Å². The lowest BCUT2D eigenvalue weighted by Gasteiger charge is -2.14. The molecule has 30 heavy (non-hydrogen) atoms. The Hall–Kier alpha value is -2.75. The third kappa shape index (κ3) is 3.96. The molecule has 2 aromatic carbocycles. The van der Waals surface area contributed by atoms with Crippen LogP contribution in [0.1, 0.15) is 11.3 Å². The van der Waals surface area contributed by atoms with Crippen molar-refractivity contribution in [3.63, 3.8) is 0 Å². The van der Waals surface area contributed by atoms with Gasteiger partial charge >= 0.3 is 0 Å². The van der Waals surface area contributed by atoms with Crippen LogP contribution in [0.15, 0.2) is 68.4 Å². The molecular formula is C21H13BrN2O4S2. The van der Waals surface area contributed by atoms with E-state index in [9.17, 15) is 14.9 Å². The van der Waals surface area contributed by atoms with Gasteiger partial charge in [0.1, 0.15) is 11.5 Å². The molecule has 1 aromatic heterocycles. The predicted octanol–water partition coefficient (Wildman–Crippen LogP) is 6.33. The molecule has 1 aliphatic heterocycles. The third-order valence-electron chi connectivity index (χ3n) is 4.47. The number of carbonyl (C=O) groups is 1. The van der Waals surface area contributed by atoms with Gasteiger partial charge in [0.25, 0.3) is 11.6 Å². The molecule has 1 amide bonds. The molecule has 4 rings (SSSR count). The quantitative estimate of drug-likeness (QED) is 0.180. The van der Waals surface area contributed by atoms with Crippen molar-refractivity contribution in [3.05, 3.63) is 85.4 Å². The summed E-state index contributed by atoms with van der Waals surface area (Å²) in [6.45, 7) is 1.68. The summed E-state index contributed by atoms with van der Waals surface area (Å²) in [6, 6.07) is 15.7. The number of hydrogen-bond acceptors (Lipinski definition) is 6. The lowest BCUT2D eigenvalue weighted by molar-refractivity contribution is -0.385. The summed E-state index contributed by atoms with van der Waals surface area (Å²) in [6.07, 6.45) is 1.63. The molecule has 0 radical (unpaired) electrons. The summed E-state index contributed by atoms with van der Waals surface area (Å²) < 4.78 is 7.16. The molecule has 0 spiro atoms. The van der Waals surface area contributed by atoms with Crippen LogP contribution in [0.4, 0.5) is 11.4 Å². The Morgan fingerprint density at radius 2 is 1.90 bits per heavy atom. The topological polar surface area (TPSA) is 76.6 Å². The predicted molar refractivity (Wildman–Crippen MR) is 125 cm³/mol. The molecule has 9 heteroatoms. The summed E-state index contributed by atoms with van der Waals surface area (Å²) in [5, 5.41) is 11.2. The van der Waals surface area contributed by atoms with Crippen molar-refractivity contribution in [3.8, 4) is 11.3 Å². The van der Waals surface area contributed by atoms with E-state index >= 15 is 0 Å². The SMILES string of the molecule is Cc1ccc(-c2ccc(/C=C3/SC(=S)N(c4ccc(Br)cc4)C3=O)o2)cc1[N+](=O)[O-]. The fourth-order valence-corrected chi connectivity index (χ4v) is 4.50. The largest absolute Gasteiger partial charge is 0.457 e. The molecule has 150 valence electrons. The Labute approximate surface area is 189 Å². The van der Waals surface area contributed by atoms with Gasteiger partial charge < -0.3 is 4.42 Å². The Bertz CT molecular complexity index is 1220. The van der Waals surface area contributed by atoms with Crippen molar-refractivity contribution in [2.45, 2.75) is 6.92 Å². The average molecular weight is 501 g/mol. The molecule has 0 atom stereocenters. The molecule has 0 aliphatic carbocycles. The van der Waals surface area contributed by atoms with Crippen molar-refractivity contribution in [2.75, 3.05) is 4.90 Å². The molecule has 2 heterocycles. The number of rotatable bonds is 4. The van der Waals surface area contributed by atoms with Crippen molar-refractivity contribution in [1.82, 2.24) is 0 Å². The highest BCUT2D eigenvalue weighted by atomic mass is 79.9. The number of thioether (sulfide) groups is 1. The van der Waals surface area contributed by atoms with E-state index in [1.54, 1.807) is 37.3 Å². The van der Waals surface area contributed by atoms with E-state index < -0.39 is 4.92 Å². The molecule has 1 fully saturated rings. The van der Waals surface area contributed by atoms with E-state index in [2.05, 4.69) is 15.9 Å². The zero-order valence-corrected chi connectivity index (χ0v) is 18.7. The lowest BCUT2D eigenvalue weighted by Crippen LogP contribution is -2.27. The van der Waals surface area contributed by atoms with Gasteiger partial charge in [0.15, 0.2) is 4.32 Å². The molecule has 0 N–H and O–H groups in total. The number of halogens is 1. The molecule has 0 bridgehead atoms. The standard InChI is InChI=1S/C21H13BrN2O4S2/c1-12-2-3-13(10-17(12)24(26)27)18-9-8-16(28-18)11-19-20(25)23(21(29)30-19)15-6-4-14(22)5-7-15/h2-11H,1H3/b19-11+. The molecule has 3 aromatic rings.